The van der Waals surface area contributed by atoms with Gasteiger partial charge in [-0.2, -0.15) is 0 Å². The van der Waals surface area contributed by atoms with Crippen LogP contribution in [0.5, 0.6) is 0 Å². The number of hydrazine groups is 1. The van der Waals surface area contributed by atoms with E-state index in [1.165, 1.54) is 0 Å². The van der Waals surface area contributed by atoms with Crippen molar-refractivity contribution in [2.75, 3.05) is 11.9 Å². The zero-order chi connectivity index (χ0) is 21.2. The summed E-state index contributed by atoms with van der Waals surface area (Å²) in [5.74, 6) is -2.24. The molecule has 8 nitrogen and oxygen atoms in total. The number of amides is 3. The largest absolute Gasteiger partial charge is 0.455 e. The molecule has 0 heterocycles. The molecule has 2 aromatic carbocycles. The number of hydrogen-bond acceptors (Lipinski definition) is 5. The van der Waals surface area contributed by atoms with Crippen molar-refractivity contribution in [1.82, 2.24) is 10.9 Å². The number of anilines is 1. The first-order chi connectivity index (χ1) is 13.8. The summed E-state index contributed by atoms with van der Waals surface area (Å²) in [5, 5.41) is 2.66. The summed E-state index contributed by atoms with van der Waals surface area (Å²) in [6, 6.07) is 13.8. The van der Waals surface area contributed by atoms with Crippen molar-refractivity contribution in [3.05, 3.63) is 64.1 Å². The molecule has 0 saturated heterocycles. The first kappa shape index (κ1) is 22.1. The van der Waals surface area contributed by atoms with Crippen molar-refractivity contribution in [3.8, 4) is 0 Å². The minimum absolute atomic E-state index is 0.0748. The van der Waals surface area contributed by atoms with Gasteiger partial charge in [0, 0.05) is 22.1 Å². The zero-order valence-electron chi connectivity index (χ0n) is 15.7. The Kier molecular flexibility index (Phi) is 8.35. The lowest BCUT2D eigenvalue weighted by molar-refractivity contribution is -0.149. The van der Waals surface area contributed by atoms with E-state index >= 15 is 0 Å². The topological polar surface area (TPSA) is 114 Å². The molecule has 0 aliphatic carbocycles. The van der Waals surface area contributed by atoms with E-state index < -0.39 is 24.4 Å². The first-order valence-electron chi connectivity index (χ1n) is 8.70. The Morgan fingerprint density at radius 3 is 2.17 bits per heavy atom. The second-order valence-electron chi connectivity index (χ2n) is 6.08. The number of carbonyl (C=O) groups excluding carboxylic acids is 4. The summed E-state index contributed by atoms with van der Waals surface area (Å²) in [7, 11) is 0. The van der Waals surface area contributed by atoms with Gasteiger partial charge in [-0.05, 0) is 43.3 Å². The summed E-state index contributed by atoms with van der Waals surface area (Å²) in [6.45, 7) is 1.36. The van der Waals surface area contributed by atoms with Gasteiger partial charge in [0.2, 0.25) is 5.91 Å². The van der Waals surface area contributed by atoms with E-state index in [1.54, 1.807) is 36.4 Å². The average molecular weight is 462 g/mol. The van der Waals surface area contributed by atoms with E-state index in [0.717, 1.165) is 10.0 Å². The van der Waals surface area contributed by atoms with Crippen molar-refractivity contribution in [2.24, 2.45) is 0 Å². The van der Waals surface area contributed by atoms with Crippen LogP contribution >= 0.6 is 15.9 Å². The first-order valence-corrected chi connectivity index (χ1v) is 9.49. The third kappa shape index (κ3) is 8.14. The predicted molar refractivity (Wildman–Crippen MR) is 110 cm³/mol. The van der Waals surface area contributed by atoms with E-state index in [1.807, 2.05) is 19.1 Å². The molecule has 0 aliphatic heterocycles. The van der Waals surface area contributed by atoms with Crippen LogP contribution in [0.1, 0.15) is 28.8 Å². The molecular weight excluding hydrogens is 442 g/mol. The van der Waals surface area contributed by atoms with Gasteiger partial charge in [-0.25, -0.2) is 0 Å². The number of aryl methyl sites for hydroxylation is 1. The van der Waals surface area contributed by atoms with E-state index in [-0.39, 0.29) is 18.7 Å². The lowest BCUT2D eigenvalue weighted by atomic mass is 10.2. The minimum atomic E-state index is -0.701. The SMILES string of the molecule is Cc1ccc(NC(=O)CCC(=O)OCC(=O)NNC(=O)c2ccc(Br)cc2)cc1. The van der Waals surface area contributed by atoms with Crippen LogP contribution < -0.4 is 16.2 Å². The molecule has 0 saturated carbocycles. The molecule has 0 radical (unpaired) electrons. The van der Waals surface area contributed by atoms with Gasteiger partial charge in [-0.3, -0.25) is 30.0 Å². The van der Waals surface area contributed by atoms with E-state index in [2.05, 4.69) is 32.1 Å². The van der Waals surface area contributed by atoms with Crippen molar-refractivity contribution < 1.29 is 23.9 Å². The molecule has 0 aromatic heterocycles. The normalized spacial score (nSPS) is 10.0. The third-order valence-corrected chi connectivity index (χ3v) is 4.21. The molecular formula is C20H20BrN3O5. The van der Waals surface area contributed by atoms with E-state index in [4.69, 9.17) is 4.74 Å². The maximum atomic E-state index is 11.9. The van der Waals surface area contributed by atoms with Crippen molar-refractivity contribution in [1.29, 1.82) is 0 Å². The molecule has 0 bridgehead atoms. The quantitative estimate of drug-likeness (QED) is 0.432. The van der Waals surface area contributed by atoms with Gasteiger partial charge >= 0.3 is 5.97 Å². The molecule has 2 rings (SSSR count). The molecule has 29 heavy (non-hydrogen) atoms. The Hall–Kier alpha value is -3.20. The summed E-state index contributed by atoms with van der Waals surface area (Å²) in [6.07, 6.45) is -0.245. The summed E-state index contributed by atoms with van der Waals surface area (Å²) < 4.78 is 5.60. The number of carbonyl (C=O) groups is 4. The molecule has 2 aromatic rings. The number of rotatable bonds is 7. The number of halogens is 1. The highest BCUT2D eigenvalue weighted by atomic mass is 79.9. The van der Waals surface area contributed by atoms with Crippen LogP contribution in [-0.2, 0) is 19.1 Å². The van der Waals surface area contributed by atoms with Crippen LogP contribution in [-0.4, -0.2) is 30.3 Å². The Morgan fingerprint density at radius 2 is 1.52 bits per heavy atom. The number of hydrogen-bond donors (Lipinski definition) is 3. The fraction of sp³-hybridized carbons (Fsp3) is 0.200. The average Bonchev–Trinajstić information content (AvgIpc) is 2.71. The molecule has 0 spiro atoms. The molecule has 9 heteroatoms. The summed E-state index contributed by atoms with van der Waals surface area (Å²) in [5.41, 5.74) is 6.41. The highest BCUT2D eigenvalue weighted by molar-refractivity contribution is 9.10. The van der Waals surface area contributed by atoms with Gasteiger partial charge in [0.1, 0.15) is 0 Å². The van der Waals surface area contributed by atoms with Crippen molar-refractivity contribution >= 4 is 45.3 Å². The van der Waals surface area contributed by atoms with Crippen molar-refractivity contribution in [2.45, 2.75) is 19.8 Å². The number of benzene rings is 2. The summed E-state index contributed by atoms with van der Waals surface area (Å²) in [4.78, 5) is 47.0. The number of ether oxygens (including phenoxy) is 1. The van der Waals surface area contributed by atoms with Crippen LogP contribution in [0, 0.1) is 6.92 Å². The second kappa shape index (κ2) is 11.0. The lowest BCUT2D eigenvalue weighted by Crippen LogP contribution is -2.43. The Bertz CT molecular complexity index is 882. The van der Waals surface area contributed by atoms with Crippen LogP contribution in [0.15, 0.2) is 53.0 Å². The molecule has 152 valence electrons. The Morgan fingerprint density at radius 1 is 0.862 bits per heavy atom. The minimum Gasteiger partial charge on any atom is -0.455 e. The van der Waals surface area contributed by atoms with E-state index in [9.17, 15) is 19.2 Å². The summed E-state index contributed by atoms with van der Waals surface area (Å²) >= 11 is 3.26. The second-order valence-corrected chi connectivity index (χ2v) is 7.00. The fourth-order valence-corrected chi connectivity index (χ4v) is 2.39. The Balaban J connectivity index is 1.63. The third-order valence-electron chi connectivity index (χ3n) is 3.68. The maximum absolute atomic E-state index is 11.9. The smallest absolute Gasteiger partial charge is 0.306 e. The van der Waals surface area contributed by atoms with Gasteiger partial charge in [-0.1, -0.05) is 33.6 Å². The number of nitrogens with one attached hydrogen (secondary N) is 3. The maximum Gasteiger partial charge on any atom is 0.306 e. The fourth-order valence-electron chi connectivity index (χ4n) is 2.13. The lowest BCUT2D eigenvalue weighted by Gasteiger charge is -2.08. The highest BCUT2D eigenvalue weighted by Gasteiger charge is 2.12. The van der Waals surface area contributed by atoms with Crippen LogP contribution in [0.3, 0.4) is 0 Å². The molecule has 0 aliphatic rings. The standard InChI is InChI=1S/C20H20BrN3O5/c1-13-2-8-16(9-3-13)22-17(25)10-11-19(27)29-12-18(26)23-24-20(28)14-4-6-15(21)7-5-14/h2-9H,10-12H2,1H3,(H,22,25)(H,23,26)(H,24,28). The van der Waals surface area contributed by atoms with Gasteiger partial charge in [0.05, 0.1) is 6.42 Å². The zero-order valence-corrected chi connectivity index (χ0v) is 17.2. The van der Waals surface area contributed by atoms with Gasteiger partial charge in [-0.15, -0.1) is 0 Å². The van der Waals surface area contributed by atoms with E-state index in [0.29, 0.717) is 11.3 Å². The van der Waals surface area contributed by atoms with Crippen LogP contribution in [0.4, 0.5) is 5.69 Å². The molecule has 0 atom stereocenters. The predicted octanol–water partition coefficient (Wildman–Crippen LogP) is 2.48. The molecule has 0 unspecified atom stereocenters. The van der Waals surface area contributed by atoms with Gasteiger partial charge in [0.25, 0.3) is 11.8 Å². The number of esters is 1. The molecule has 0 fully saturated rings. The van der Waals surface area contributed by atoms with Crippen LogP contribution in [0.25, 0.3) is 0 Å². The van der Waals surface area contributed by atoms with Crippen molar-refractivity contribution in [3.63, 3.8) is 0 Å². The van der Waals surface area contributed by atoms with Gasteiger partial charge in [0.15, 0.2) is 6.61 Å². The molecule has 3 N–H and O–H groups in total. The van der Waals surface area contributed by atoms with Crippen LogP contribution in [0.2, 0.25) is 0 Å². The van der Waals surface area contributed by atoms with Gasteiger partial charge < -0.3 is 10.1 Å². The highest BCUT2D eigenvalue weighted by Crippen LogP contribution is 2.10. The Labute approximate surface area is 176 Å². The molecule has 3 amide bonds. The monoisotopic (exact) mass is 461 g/mol.